The molecule has 1 aromatic heterocycles. The van der Waals surface area contributed by atoms with Crippen LogP contribution in [-0.2, 0) is 6.18 Å². The largest absolute Gasteiger partial charge is 0.417 e. The average molecular weight is 473 g/mol. The van der Waals surface area contributed by atoms with Gasteiger partial charge in [-0.3, -0.25) is 4.79 Å². The van der Waals surface area contributed by atoms with E-state index >= 15 is 0 Å². The number of nitrogens with zero attached hydrogens (tertiary/aromatic N) is 3. The molecule has 1 heterocycles. The molecule has 0 atom stereocenters. The zero-order valence-electron chi connectivity index (χ0n) is 16.1. The van der Waals surface area contributed by atoms with Gasteiger partial charge in [0.15, 0.2) is 5.78 Å². The normalized spacial score (nSPS) is 10.9. The monoisotopic (exact) mass is 472 g/mol. The molecule has 0 aliphatic carbocycles. The van der Waals surface area contributed by atoms with Gasteiger partial charge in [-0.05, 0) is 12.1 Å². The van der Waals surface area contributed by atoms with Gasteiger partial charge in [0.2, 0.25) is 0 Å². The number of ketones is 1. The molecular formula is C22H12ClF3N4OS. The number of halogens is 4. The van der Waals surface area contributed by atoms with Crippen LogP contribution in [0.1, 0.15) is 27.0 Å². The van der Waals surface area contributed by atoms with Crippen LogP contribution in [0.5, 0.6) is 0 Å². The highest BCUT2D eigenvalue weighted by molar-refractivity contribution is 8.00. The Balaban J connectivity index is 2.05. The van der Waals surface area contributed by atoms with Crippen molar-refractivity contribution in [2.45, 2.75) is 11.2 Å². The molecule has 0 saturated carbocycles. The number of thioether (sulfide) groups is 1. The molecule has 2 N–H and O–H groups in total. The van der Waals surface area contributed by atoms with Crippen LogP contribution in [-0.4, -0.2) is 16.5 Å². The molecule has 0 bridgehead atoms. The van der Waals surface area contributed by atoms with Crippen molar-refractivity contribution in [1.82, 2.24) is 4.98 Å². The Hall–Kier alpha value is -3.53. The van der Waals surface area contributed by atoms with E-state index in [0.717, 1.165) is 23.9 Å². The second-order valence-electron chi connectivity index (χ2n) is 6.39. The first-order valence-corrected chi connectivity index (χ1v) is 10.3. The predicted molar refractivity (Wildman–Crippen MR) is 115 cm³/mol. The summed E-state index contributed by atoms with van der Waals surface area (Å²) in [6.07, 6.45) is -4.69. The lowest BCUT2D eigenvalue weighted by atomic mass is 9.97. The summed E-state index contributed by atoms with van der Waals surface area (Å²) in [6, 6.07) is 14.8. The first kappa shape index (κ1) is 23.1. The Morgan fingerprint density at radius 1 is 1.06 bits per heavy atom. The number of hydrogen-bond acceptors (Lipinski definition) is 6. The van der Waals surface area contributed by atoms with Gasteiger partial charge in [0, 0.05) is 21.7 Å². The highest BCUT2D eigenvalue weighted by Crippen LogP contribution is 2.39. The van der Waals surface area contributed by atoms with Gasteiger partial charge in [0.1, 0.15) is 28.5 Å². The number of hydrogen-bond donors (Lipinski definition) is 1. The highest BCUT2D eigenvalue weighted by Gasteiger charge is 2.34. The van der Waals surface area contributed by atoms with Crippen molar-refractivity contribution in [2.75, 3.05) is 11.5 Å². The Morgan fingerprint density at radius 3 is 2.31 bits per heavy atom. The molecule has 0 aliphatic heterocycles. The number of nitrogen functional groups attached to an aromatic ring is 1. The molecule has 0 spiro atoms. The Bertz CT molecular complexity index is 1300. The van der Waals surface area contributed by atoms with E-state index in [9.17, 15) is 28.5 Å². The van der Waals surface area contributed by atoms with E-state index in [-0.39, 0.29) is 32.6 Å². The minimum atomic E-state index is -4.69. The first-order chi connectivity index (χ1) is 15.2. The fraction of sp³-hybridized carbons (Fsp3) is 0.0909. The average Bonchev–Trinajstić information content (AvgIpc) is 2.76. The Kier molecular flexibility index (Phi) is 6.73. The van der Waals surface area contributed by atoms with E-state index in [2.05, 4.69) is 4.98 Å². The topological polar surface area (TPSA) is 104 Å². The first-order valence-electron chi connectivity index (χ1n) is 8.89. The van der Waals surface area contributed by atoms with Gasteiger partial charge in [0.25, 0.3) is 0 Å². The summed E-state index contributed by atoms with van der Waals surface area (Å²) in [7, 11) is 0. The van der Waals surface area contributed by atoms with Gasteiger partial charge in [-0.1, -0.05) is 59.8 Å². The lowest BCUT2D eigenvalue weighted by Gasteiger charge is -2.14. The molecule has 160 valence electrons. The number of alkyl halides is 3. The molecule has 0 fully saturated rings. The van der Waals surface area contributed by atoms with Crippen LogP contribution in [0.25, 0.3) is 11.1 Å². The van der Waals surface area contributed by atoms with Gasteiger partial charge >= 0.3 is 6.18 Å². The number of nitrogens with two attached hydrogens (primary N) is 1. The molecule has 10 heteroatoms. The summed E-state index contributed by atoms with van der Waals surface area (Å²) < 4.78 is 39.7. The number of rotatable bonds is 5. The SMILES string of the molecule is N#Cc1c(N)nc(SCC(=O)c2ccccc2C(F)(F)F)c(C#N)c1-c1ccccc1Cl. The number of aromatic nitrogens is 1. The predicted octanol–water partition coefficient (Wildman–Crippen LogP) is 5.72. The summed E-state index contributed by atoms with van der Waals surface area (Å²) in [5.74, 6) is -1.41. The Morgan fingerprint density at radius 2 is 1.69 bits per heavy atom. The summed E-state index contributed by atoms with van der Waals surface area (Å²) in [5.41, 5.74) is 4.78. The zero-order chi connectivity index (χ0) is 23.5. The number of carbonyl (C=O) groups excluding carboxylic acids is 1. The summed E-state index contributed by atoms with van der Waals surface area (Å²) in [6.45, 7) is 0. The molecule has 0 saturated heterocycles. The summed E-state index contributed by atoms with van der Waals surface area (Å²) in [4.78, 5) is 16.6. The number of benzene rings is 2. The molecule has 3 rings (SSSR count). The number of anilines is 1. The second kappa shape index (κ2) is 9.31. The highest BCUT2D eigenvalue weighted by atomic mass is 35.5. The van der Waals surface area contributed by atoms with E-state index in [1.54, 1.807) is 24.3 Å². The maximum Gasteiger partial charge on any atom is 0.417 e. The quantitative estimate of drug-likeness (QED) is 0.376. The van der Waals surface area contributed by atoms with Crippen LogP contribution in [0.15, 0.2) is 53.6 Å². The Labute approximate surface area is 190 Å². The lowest BCUT2D eigenvalue weighted by Crippen LogP contribution is -2.14. The molecule has 2 aromatic carbocycles. The van der Waals surface area contributed by atoms with Crippen molar-refractivity contribution in [3.63, 3.8) is 0 Å². The number of pyridine rings is 1. The van der Waals surface area contributed by atoms with Crippen LogP contribution >= 0.6 is 23.4 Å². The summed E-state index contributed by atoms with van der Waals surface area (Å²) >= 11 is 7.00. The molecular weight excluding hydrogens is 461 g/mol. The molecule has 5 nitrogen and oxygen atoms in total. The van der Waals surface area contributed by atoms with Gasteiger partial charge in [-0.25, -0.2) is 4.98 Å². The van der Waals surface area contributed by atoms with Gasteiger partial charge in [0.05, 0.1) is 16.9 Å². The van der Waals surface area contributed by atoms with Gasteiger partial charge in [-0.15, -0.1) is 0 Å². The third-order valence-corrected chi connectivity index (χ3v) is 5.74. The van der Waals surface area contributed by atoms with Crippen LogP contribution in [0, 0.1) is 22.7 Å². The molecule has 3 aromatic rings. The number of Topliss-reactive ketones (excluding diaryl/α,β-unsaturated/α-hetero) is 1. The van der Waals surface area contributed by atoms with Crippen molar-refractivity contribution in [1.29, 1.82) is 10.5 Å². The smallest absolute Gasteiger partial charge is 0.383 e. The number of nitriles is 2. The fourth-order valence-corrected chi connectivity index (χ4v) is 4.13. The molecule has 0 aliphatic rings. The van der Waals surface area contributed by atoms with E-state index in [0.29, 0.717) is 5.56 Å². The van der Waals surface area contributed by atoms with Crippen molar-refractivity contribution >= 4 is 35.0 Å². The van der Waals surface area contributed by atoms with E-state index in [1.807, 2.05) is 12.1 Å². The van der Waals surface area contributed by atoms with Crippen molar-refractivity contribution < 1.29 is 18.0 Å². The summed E-state index contributed by atoms with van der Waals surface area (Å²) in [5, 5.41) is 19.6. The molecule has 32 heavy (non-hydrogen) atoms. The van der Waals surface area contributed by atoms with Crippen molar-refractivity contribution in [2.24, 2.45) is 0 Å². The third kappa shape index (κ3) is 4.54. The minimum Gasteiger partial charge on any atom is -0.383 e. The molecule has 0 amide bonds. The fourth-order valence-electron chi connectivity index (χ4n) is 3.02. The van der Waals surface area contributed by atoms with E-state index in [1.165, 1.54) is 12.1 Å². The van der Waals surface area contributed by atoms with E-state index in [4.69, 9.17) is 17.3 Å². The third-order valence-electron chi connectivity index (χ3n) is 4.43. The number of carbonyl (C=O) groups is 1. The van der Waals surface area contributed by atoms with Gasteiger partial charge in [-0.2, -0.15) is 23.7 Å². The zero-order valence-corrected chi connectivity index (χ0v) is 17.6. The molecule has 0 unspecified atom stereocenters. The van der Waals surface area contributed by atoms with Crippen LogP contribution < -0.4 is 5.73 Å². The lowest BCUT2D eigenvalue weighted by molar-refractivity contribution is -0.137. The molecule has 0 radical (unpaired) electrons. The van der Waals surface area contributed by atoms with Crippen molar-refractivity contribution in [3.8, 4) is 23.3 Å². The minimum absolute atomic E-state index is 0.0109. The standard InChI is InChI=1S/C22H12ClF3N4OS/c23-17-8-4-2-6-13(17)19-14(9-27)20(29)30-21(15(19)10-28)32-11-18(31)12-5-1-3-7-16(12)22(24,25)26/h1-8H,11H2,(H2,29,30). The van der Waals surface area contributed by atoms with Gasteiger partial charge < -0.3 is 5.73 Å². The van der Waals surface area contributed by atoms with Crippen LogP contribution in [0.4, 0.5) is 19.0 Å². The van der Waals surface area contributed by atoms with Crippen LogP contribution in [0.2, 0.25) is 5.02 Å². The van der Waals surface area contributed by atoms with Crippen LogP contribution in [0.3, 0.4) is 0 Å². The van der Waals surface area contributed by atoms with E-state index < -0.39 is 28.8 Å². The maximum absolute atomic E-state index is 13.2. The maximum atomic E-state index is 13.2. The second-order valence-corrected chi connectivity index (χ2v) is 7.76. The van der Waals surface area contributed by atoms with Crippen molar-refractivity contribution in [3.05, 3.63) is 75.8 Å².